The van der Waals surface area contributed by atoms with Crippen LogP contribution in [-0.2, 0) is 9.53 Å². The summed E-state index contributed by atoms with van der Waals surface area (Å²) < 4.78 is 11.3. The molecule has 0 aliphatic carbocycles. The first-order valence-electron chi connectivity index (χ1n) is 7.86. The Kier molecular flexibility index (Phi) is 4.84. The van der Waals surface area contributed by atoms with Crippen molar-refractivity contribution in [3.05, 3.63) is 18.2 Å². The van der Waals surface area contributed by atoms with Crippen LogP contribution in [0.1, 0.15) is 40.5 Å². The smallest absolute Gasteiger partial charge is 0.328 e. The molecule has 22 heavy (non-hydrogen) atoms. The average Bonchev–Trinajstić information content (AvgIpc) is 2.44. The zero-order chi connectivity index (χ0) is 16.3. The summed E-state index contributed by atoms with van der Waals surface area (Å²) in [7, 11) is 0. The van der Waals surface area contributed by atoms with Crippen LogP contribution >= 0.6 is 0 Å². The van der Waals surface area contributed by atoms with E-state index in [4.69, 9.17) is 15.2 Å². The zero-order valence-electron chi connectivity index (χ0n) is 13.9. The van der Waals surface area contributed by atoms with Gasteiger partial charge in [0.1, 0.15) is 23.1 Å². The summed E-state index contributed by atoms with van der Waals surface area (Å²) in [4.78, 5) is 14.3. The highest BCUT2D eigenvalue weighted by atomic mass is 16.5. The van der Waals surface area contributed by atoms with Crippen molar-refractivity contribution in [1.29, 1.82) is 0 Å². The van der Waals surface area contributed by atoms with Crippen LogP contribution in [0.4, 0.5) is 11.4 Å². The van der Waals surface area contributed by atoms with Gasteiger partial charge < -0.3 is 20.1 Å². The first-order valence-corrected chi connectivity index (χ1v) is 7.86. The fourth-order valence-electron chi connectivity index (χ4n) is 2.64. The lowest BCUT2D eigenvalue weighted by Gasteiger charge is -2.43. The number of unbranched alkanes of at least 4 members (excludes halogenated alkanes) is 1. The Balaban J connectivity index is 2.24. The Morgan fingerprint density at radius 1 is 1.50 bits per heavy atom. The predicted molar refractivity (Wildman–Crippen MR) is 88.2 cm³/mol. The lowest BCUT2D eigenvalue weighted by Crippen LogP contribution is -2.53. The maximum absolute atomic E-state index is 12.3. The summed E-state index contributed by atoms with van der Waals surface area (Å²) in [5.74, 6) is 0.491. The molecule has 0 spiro atoms. The number of hydrogen-bond donors (Lipinski definition) is 1. The van der Waals surface area contributed by atoms with Crippen LogP contribution in [0.3, 0.4) is 0 Å². The Morgan fingerprint density at radius 3 is 2.91 bits per heavy atom. The number of esters is 1. The number of hydrogen-bond acceptors (Lipinski definition) is 5. The molecule has 5 nitrogen and oxygen atoms in total. The Labute approximate surface area is 132 Å². The second-order valence-corrected chi connectivity index (χ2v) is 6.38. The lowest BCUT2D eigenvalue weighted by molar-refractivity contribution is -0.145. The third-order valence-electron chi connectivity index (χ3n) is 3.81. The molecule has 0 fully saturated rings. The standard InChI is InChI=1S/C17H26N2O3/c1-5-6-10-21-16(20)12(2)19-11-17(3,4)22-14-9-7-8-13(18)15(14)19/h7-9,12H,5-6,10-11,18H2,1-4H3. The number of nitrogens with two attached hydrogens (primary N) is 1. The first-order chi connectivity index (χ1) is 10.4. The molecule has 1 heterocycles. The van der Waals surface area contributed by atoms with Gasteiger partial charge in [-0.1, -0.05) is 19.4 Å². The number of benzene rings is 1. The molecule has 0 amide bonds. The van der Waals surface area contributed by atoms with Crippen LogP contribution in [0.2, 0.25) is 0 Å². The van der Waals surface area contributed by atoms with Gasteiger partial charge in [-0.3, -0.25) is 0 Å². The van der Waals surface area contributed by atoms with E-state index in [-0.39, 0.29) is 5.97 Å². The molecular formula is C17H26N2O3. The molecule has 0 aromatic heterocycles. The largest absolute Gasteiger partial charge is 0.484 e. The molecule has 1 atom stereocenters. The fraction of sp³-hybridized carbons (Fsp3) is 0.588. The molecule has 1 aliphatic heterocycles. The summed E-state index contributed by atoms with van der Waals surface area (Å²) in [6, 6.07) is 5.17. The number of nitrogen functional groups attached to an aromatic ring is 1. The van der Waals surface area contributed by atoms with E-state index in [1.165, 1.54) is 0 Å². The SMILES string of the molecule is CCCCOC(=O)C(C)N1CC(C)(C)Oc2cccc(N)c21. The van der Waals surface area contributed by atoms with Gasteiger partial charge in [-0.2, -0.15) is 0 Å². The lowest BCUT2D eigenvalue weighted by atomic mass is 10.0. The second-order valence-electron chi connectivity index (χ2n) is 6.38. The van der Waals surface area contributed by atoms with Gasteiger partial charge in [-0.15, -0.1) is 0 Å². The predicted octanol–water partition coefficient (Wildman–Crippen LogP) is 2.98. The van der Waals surface area contributed by atoms with Crippen molar-refractivity contribution in [2.45, 2.75) is 52.2 Å². The quantitative estimate of drug-likeness (QED) is 0.515. The van der Waals surface area contributed by atoms with Crippen LogP contribution in [0, 0.1) is 0 Å². The van der Waals surface area contributed by atoms with Gasteiger partial charge in [0.2, 0.25) is 0 Å². The third kappa shape index (κ3) is 3.46. The van der Waals surface area contributed by atoms with Gasteiger partial charge in [0, 0.05) is 0 Å². The Hall–Kier alpha value is -1.91. The molecule has 0 saturated heterocycles. The van der Waals surface area contributed by atoms with Gasteiger partial charge >= 0.3 is 5.97 Å². The molecule has 122 valence electrons. The summed E-state index contributed by atoms with van der Waals surface area (Å²) in [5, 5.41) is 0. The summed E-state index contributed by atoms with van der Waals surface area (Å²) in [6.45, 7) is 8.97. The highest BCUT2D eigenvalue weighted by Crippen LogP contribution is 2.42. The highest BCUT2D eigenvalue weighted by Gasteiger charge is 2.37. The molecule has 0 bridgehead atoms. The molecular weight excluding hydrogens is 280 g/mol. The summed E-state index contributed by atoms with van der Waals surface area (Å²) >= 11 is 0. The number of carbonyl (C=O) groups is 1. The summed E-state index contributed by atoms with van der Waals surface area (Å²) in [5.41, 5.74) is 7.11. The molecule has 1 aliphatic rings. The second kappa shape index (κ2) is 6.46. The maximum atomic E-state index is 12.3. The average molecular weight is 306 g/mol. The molecule has 1 aromatic carbocycles. The number of para-hydroxylation sites is 1. The number of anilines is 2. The van der Waals surface area contributed by atoms with Crippen LogP contribution in [0.25, 0.3) is 0 Å². The van der Waals surface area contributed by atoms with Crippen molar-refractivity contribution in [3.8, 4) is 5.75 Å². The fourth-order valence-corrected chi connectivity index (χ4v) is 2.64. The van der Waals surface area contributed by atoms with E-state index < -0.39 is 11.6 Å². The van der Waals surface area contributed by atoms with Crippen LogP contribution in [0.15, 0.2) is 18.2 Å². The third-order valence-corrected chi connectivity index (χ3v) is 3.81. The van der Waals surface area contributed by atoms with Crippen molar-refractivity contribution < 1.29 is 14.3 Å². The van der Waals surface area contributed by atoms with Crippen molar-refractivity contribution >= 4 is 17.3 Å². The number of nitrogens with zero attached hydrogens (tertiary/aromatic N) is 1. The van der Waals surface area contributed by atoms with E-state index >= 15 is 0 Å². The van der Waals surface area contributed by atoms with E-state index in [2.05, 4.69) is 6.92 Å². The summed E-state index contributed by atoms with van der Waals surface area (Å²) in [6.07, 6.45) is 1.88. The molecule has 0 saturated carbocycles. The molecule has 5 heteroatoms. The molecule has 2 N–H and O–H groups in total. The van der Waals surface area contributed by atoms with E-state index in [1.807, 2.05) is 43.9 Å². The van der Waals surface area contributed by atoms with Crippen LogP contribution in [0.5, 0.6) is 5.75 Å². The number of rotatable bonds is 5. The molecule has 1 unspecified atom stereocenters. The van der Waals surface area contributed by atoms with E-state index in [0.29, 0.717) is 24.6 Å². The van der Waals surface area contributed by atoms with E-state index in [9.17, 15) is 4.79 Å². The van der Waals surface area contributed by atoms with Crippen molar-refractivity contribution in [1.82, 2.24) is 0 Å². The topological polar surface area (TPSA) is 64.8 Å². The van der Waals surface area contributed by atoms with E-state index in [0.717, 1.165) is 18.5 Å². The minimum Gasteiger partial charge on any atom is -0.484 e. The normalized spacial score (nSPS) is 17.4. The molecule has 2 rings (SSSR count). The van der Waals surface area contributed by atoms with Gasteiger partial charge in [0.15, 0.2) is 0 Å². The maximum Gasteiger partial charge on any atom is 0.328 e. The molecule has 1 aromatic rings. The number of ether oxygens (including phenoxy) is 2. The van der Waals surface area contributed by atoms with Gasteiger partial charge in [-0.05, 0) is 39.3 Å². The molecule has 0 radical (unpaired) electrons. The zero-order valence-corrected chi connectivity index (χ0v) is 13.9. The van der Waals surface area contributed by atoms with Gasteiger partial charge in [0.05, 0.1) is 18.8 Å². The first kappa shape index (κ1) is 16.5. The minimum atomic E-state index is -0.400. The van der Waals surface area contributed by atoms with Crippen LogP contribution in [-0.4, -0.2) is 30.8 Å². The van der Waals surface area contributed by atoms with Crippen molar-refractivity contribution in [2.24, 2.45) is 0 Å². The Morgan fingerprint density at radius 2 is 2.23 bits per heavy atom. The van der Waals surface area contributed by atoms with E-state index in [1.54, 1.807) is 0 Å². The number of carbonyl (C=O) groups excluding carboxylic acids is 1. The number of fused-ring (bicyclic) bond motifs is 1. The highest BCUT2D eigenvalue weighted by molar-refractivity contribution is 5.85. The monoisotopic (exact) mass is 306 g/mol. The van der Waals surface area contributed by atoms with Crippen LogP contribution < -0.4 is 15.4 Å². The minimum absolute atomic E-state index is 0.222. The van der Waals surface area contributed by atoms with Gasteiger partial charge in [0.25, 0.3) is 0 Å². The van der Waals surface area contributed by atoms with Gasteiger partial charge in [-0.25, -0.2) is 4.79 Å². The Bertz CT molecular complexity index is 543. The van der Waals surface area contributed by atoms with Crippen molar-refractivity contribution in [3.63, 3.8) is 0 Å². The van der Waals surface area contributed by atoms with Crippen molar-refractivity contribution in [2.75, 3.05) is 23.8 Å².